The van der Waals surface area contributed by atoms with Crippen LogP contribution in [0, 0.1) is 0 Å². The summed E-state index contributed by atoms with van der Waals surface area (Å²) in [5.74, 6) is 0. The van der Waals surface area contributed by atoms with Crippen LogP contribution < -0.4 is 10.2 Å². The normalized spacial score (nSPS) is 22.7. The van der Waals surface area contributed by atoms with Crippen molar-refractivity contribution in [2.75, 3.05) is 24.6 Å². The lowest BCUT2D eigenvalue weighted by atomic mass is 10.1. The zero-order valence-electron chi connectivity index (χ0n) is 16.3. The van der Waals surface area contributed by atoms with Crippen molar-refractivity contribution in [1.29, 1.82) is 0 Å². The Morgan fingerprint density at radius 1 is 1.30 bits per heavy atom. The fourth-order valence-electron chi connectivity index (χ4n) is 4.20. The van der Waals surface area contributed by atoms with Crippen LogP contribution >= 0.6 is 11.3 Å². The number of thiazole rings is 1. The van der Waals surface area contributed by atoms with Crippen molar-refractivity contribution >= 4 is 28.5 Å². The Bertz CT molecular complexity index is 1020. The summed E-state index contributed by atoms with van der Waals surface area (Å²) in [7, 11) is 0. The highest BCUT2D eigenvalue weighted by atomic mass is 32.1. The van der Waals surface area contributed by atoms with Crippen LogP contribution in [-0.4, -0.2) is 47.9 Å². The van der Waals surface area contributed by atoms with E-state index in [9.17, 15) is 13.2 Å². The van der Waals surface area contributed by atoms with Crippen LogP contribution in [0.25, 0.3) is 21.7 Å². The predicted molar refractivity (Wildman–Crippen MR) is 108 cm³/mol. The maximum absolute atomic E-state index is 12.6. The molecular formula is C20H21F3N4O2S. The van der Waals surface area contributed by atoms with Gasteiger partial charge in [0, 0.05) is 36.8 Å². The van der Waals surface area contributed by atoms with Crippen molar-refractivity contribution < 1.29 is 22.3 Å². The molecule has 1 N–H and O–H groups in total. The van der Waals surface area contributed by atoms with Crippen molar-refractivity contribution in [2.24, 2.45) is 0 Å². The molecule has 6 nitrogen and oxygen atoms in total. The molecule has 5 rings (SSSR count). The summed E-state index contributed by atoms with van der Waals surface area (Å²) < 4.78 is 49.0. The first kappa shape index (κ1) is 19.8. The van der Waals surface area contributed by atoms with Gasteiger partial charge >= 0.3 is 6.18 Å². The summed E-state index contributed by atoms with van der Waals surface area (Å²) in [6, 6.07) is 4.95. The molecule has 30 heavy (non-hydrogen) atoms. The summed E-state index contributed by atoms with van der Waals surface area (Å²) in [4.78, 5) is 11.2. The van der Waals surface area contributed by atoms with Crippen molar-refractivity contribution in [3.63, 3.8) is 0 Å². The van der Waals surface area contributed by atoms with Crippen molar-refractivity contribution in [3.8, 4) is 10.6 Å². The van der Waals surface area contributed by atoms with Gasteiger partial charge in [-0.15, -0.1) is 11.3 Å². The summed E-state index contributed by atoms with van der Waals surface area (Å²) in [5, 5.41) is 6.16. The van der Waals surface area contributed by atoms with Crippen molar-refractivity contribution in [1.82, 2.24) is 15.3 Å². The average molecular weight is 438 g/mol. The highest BCUT2D eigenvalue weighted by Gasteiger charge is 2.34. The molecule has 0 amide bonds. The Labute approximate surface area is 175 Å². The molecule has 160 valence electrons. The van der Waals surface area contributed by atoms with Crippen LogP contribution in [0.1, 0.15) is 31.4 Å². The van der Waals surface area contributed by atoms with Gasteiger partial charge in [-0.25, -0.2) is 4.98 Å². The molecule has 2 fully saturated rings. The maximum atomic E-state index is 12.6. The first-order valence-electron chi connectivity index (χ1n) is 9.89. The number of aromatic nitrogens is 2. The Kier molecular flexibility index (Phi) is 4.95. The number of alkyl halides is 3. The number of rotatable bonds is 5. The minimum atomic E-state index is -4.38. The first-order valence-corrected chi connectivity index (χ1v) is 10.8. The molecule has 4 heterocycles. The Morgan fingerprint density at radius 2 is 2.07 bits per heavy atom. The number of ether oxygens (including phenoxy) is 1. The van der Waals surface area contributed by atoms with Crippen LogP contribution in [0.15, 0.2) is 28.1 Å². The molecule has 0 aliphatic carbocycles. The van der Waals surface area contributed by atoms with E-state index < -0.39 is 18.9 Å². The molecule has 2 bridgehead atoms. The van der Waals surface area contributed by atoms with E-state index in [1.54, 1.807) is 25.3 Å². The van der Waals surface area contributed by atoms with E-state index in [2.05, 4.69) is 20.2 Å². The quantitative estimate of drug-likeness (QED) is 0.632. The topological polar surface area (TPSA) is 63.4 Å². The van der Waals surface area contributed by atoms with Gasteiger partial charge in [-0.05, 0) is 37.5 Å². The second kappa shape index (κ2) is 7.51. The molecule has 3 aromatic rings. The van der Waals surface area contributed by atoms with Crippen molar-refractivity contribution in [2.45, 2.75) is 44.1 Å². The van der Waals surface area contributed by atoms with Gasteiger partial charge in [0.05, 0.1) is 11.7 Å². The highest BCUT2D eigenvalue weighted by molar-refractivity contribution is 7.13. The number of fused-ring (bicyclic) bond motifs is 3. The van der Waals surface area contributed by atoms with Crippen LogP contribution in [0.2, 0.25) is 0 Å². The van der Waals surface area contributed by atoms with E-state index in [1.807, 2.05) is 5.38 Å². The number of nitrogens with zero attached hydrogens (tertiary/aromatic N) is 3. The van der Waals surface area contributed by atoms with E-state index in [1.165, 1.54) is 11.3 Å². The Morgan fingerprint density at radius 3 is 2.73 bits per heavy atom. The summed E-state index contributed by atoms with van der Waals surface area (Å²) in [5.41, 5.74) is 2.52. The number of benzene rings is 1. The zero-order valence-corrected chi connectivity index (χ0v) is 17.1. The molecule has 1 aromatic carbocycles. The zero-order chi connectivity index (χ0) is 20.9. The van der Waals surface area contributed by atoms with Gasteiger partial charge in [-0.1, -0.05) is 0 Å². The Hall–Kier alpha value is -2.17. The molecule has 3 atom stereocenters. The molecule has 0 spiro atoms. The Balaban J connectivity index is 1.52. The number of halogens is 3. The fourth-order valence-corrected chi connectivity index (χ4v) is 4.85. The third-order valence-corrected chi connectivity index (χ3v) is 6.42. The lowest BCUT2D eigenvalue weighted by Gasteiger charge is -2.31. The number of anilines is 1. The van der Waals surface area contributed by atoms with Crippen LogP contribution in [-0.2, 0) is 4.74 Å². The van der Waals surface area contributed by atoms with E-state index in [0.717, 1.165) is 36.5 Å². The second-order valence-electron chi connectivity index (χ2n) is 7.86. The molecule has 0 radical (unpaired) electrons. The van der Waals surface area contributed by atoms with Gasteiger partial charge in [0.2, 0.25) is 0 Å². The molecule has 2 aliphatic heterocycles. The van der Waals surface area contributed by atoms with Crippen LogP contribution in [0.5, 0.6) is 0 Å². The lowest BCUT2D eigenvalue weighted by molar-refractivity contribution is -0.184. The molecular weight excluding hydrogens is 417 g/mol. The van der Waals surface area contributed by atoms with Gasteiger partial charge in [0.15, 0.2) is 5.58 Å². The average Bonchev–Trinajstić information content (AvgIpc) is 3.44. The third kappa shape index (κ3) is 3.91. The number of oxazole rings is 1. The molecule has 2 aromatic heterocycles. The van der Waals surface area contributed by atoms with Gasteiger partial charge in [-0.2, -0.15) is 18.2 Å². The highest BCUT2D eigenvalue weighted by Crippen LogP contribution is 2.37. The second-order valence-corrected chi connectivity index (χ2v) is 8.76. The van der Waals surface area contributed by atoms with E-state index in [0.29, 0.717) is 34.8 Å². The van der Waals surface area contributed by atoms with Crippen LogP contribution in [0.4, 0.5) is 19.2 Å². The molecule has 2 aliphatic rings. The summed E-state index contributed by atoms with van der Waals surface area (Å²) >= 11 is 1.44. The standard InChI is InChI=1S/C20H21F3N4O2S/c1-11(28-10-20(21,22)23)12-6-15(18-24-4-5-30-18)17-16(7-12)26-19(29-17)27-8-13-2-3-14(9-27)25-13/h4-7,11,13-14,25H,2-3,8-10H2,1H3. The number of hydrogen-bond acceptors (Lipinski definition) is 7. The lowest BCUT2D eigenvalue weighted by Crippen LogP contribution is -2.51. The third-order valence-electron chi connectivity index (χ3n) is 5.62. The van der Waals surface area contributed by atoms with E-state index >= 15 is 0 Å². The molecule has 2 saturated heterocycles. The molecule has 3 unspecified atom stereocenters. The monoisotopic (exact) mass is 438 g/mol. The maximum Gasteiger partial charge on any atom is 0.411 e. The fraction of sp³-hybridized carbons (Fsp3) is 0.500. The number of nitrogens with one attached hydrogen (secondary N) is 1. The number of piperazine rings is 1. The van der Waals surface area contributed by atoms with Gasteiger partial charge in [0.1, 0.15) is 17.1 Å². The van der Waals surface area contributed by atoms with E-state index in [4.69, 9.17) is 9.15 Å². The van der Waals surface area contributed by atoms with Gasteiger partial charge in [-0.3, -0.25) is 0 Å². The largest absolute Gasteiger partial charge is 0.423 e. The number of hydrogen-bond donors (Lipinski definition) is 1. The van der Waals surface area contributed by atoms with Crippen LogP contribution in [0.3, 0.4) is 0 Å². The molecule has 10 heteroatoms. The van der Waals surface area contributed by atoms with E-state index in [-0.39, 0.29) is 0 Å². The summed E-state index contributed by atoms with van der Waals surface area (Å²) in [6.45, 7) is 1.96. The van der Waals surface area contributed by atoms with Gasteiger partial charge in [0.25, 0.3) is 6.01 Å². The minimum absolute atomic E-state index is 0.434. The SMILES string of the molecule is CC(OCC(F)(F)F)c1cc(-c2nccs2)c2oc(N3CC4CCC(C3)N4)nc2c1. The smallest absolute Gasteiger partial charge is 0.411 e. The summed E-state index contributed by atoms with van der Waals surface area (Å²) in [6.07, 6.45) is -1.15. The minimum Gasteiger partial charge on any atom is -0.423 e. The molecule has 0 saturated carbocycles. The predicted octanol–water partition coefficient (Wildman–Crippen LogP) is 4.53. The van der Waals surface area contributed by atoms with Crippen molar-refractivity contribution in [3.05, 3.63) is 29.3 Å². The van der Waals surface area contributed by atoms with Gasteiger partial charge < -0.3 is 19.4 Å². The first-order chi connectivity index (χ1) is 14.4.